The average Bonchev–Trinajstić information content (AvgIpc) is 2.50. The van der Waals surface area contributed by atoms with Gasteiger partial charge in [0, 0.05) is 6.54 Å². The Morgan fingerprint density at radius 2 is 2.05 bits per heavy atom. The predicted octanol–water partition coefficient (Wildman–Crippen LogP) is 3.83. The maximum absolute atomic E-state index is 12.4. The molecule has 1 unspecified atom stereocenters. The first-order valence-electron chi connectivity index (χ1n) is 6.39. The number of rotatable bonds is 8. The maximum atomic E-state index is 12.4. The molecule has 0 saturated heterocycles. The number of hydrogen-bond donors (Lipinski definition) is 0. The van der Waals surface area contributed by atoms with E-state index in [4.69, 9.17) is 16.0 Å². The van der Waals surface area contributed by atoms with E-state index in [1.165, 1.54) is 17.6 Å². The van der Waals surface area contributed by atoms with Crippen molar-refractivity contribution in [3.8, 4) is 0 Å². The predicted molar refractivity (Wildman–Crippen MR) is 86.5 cm³/mol. The van der Waals surface area contributed by atoms with Crippen LogP contribution in [0.5, 0.6) is 0 Å². The number of carbonyl (C=O) groups excluding carboxylic acids is 1. The van der Waals surface area contributed by atoms with Gasteiger partial charge in [-0.25, -0.2) is 4.67 Å². The van der Waals surface area contributed by atoms with Crippen molar-refractivity contribution in [3.63, 3.8) is 0 Å². The van der Waals surface area contributed by atoms with Gasteiger partial charge in [-0.15, -0.1) is 6.58 Å². The van der Waals surface area contributed by atoms with Gasteiger partial charge in [0.15, 0.2) is 0 Å². The highest BCUT2D eigenvalue weighted by molar-refractivity contribution is 7.89. The third kappa shape index (κ3) is 4.85. The van der Waals surface area contributed by atoms with Crippen molar-refractivity contribution in [1.82, 2.24) is 4.67 Å². The third-order valence-corrected chi connectivity index (χ3v) is 5.59. The Balaban J connectivity index is 3.14. The summed E-state index contributed by atoms with van der Waals surface area (Å²) in [7, 11) is 1.29. The molecular weight excluding hydrogens is 309 g/mol. The summed E-state index contributed by atoms with van der Waals surface area (Å²) in [5.74, 6) is 0.669. The third-order valence-electron chi connectivity index (χ3n) is 3.00. The van der Waals surface area contributed by atoms with Crippen LogP contribution in [0.4, 0.5) is 0 Å². The normalized spacial score (nSPS) is 15.0. The summed E-state index contributed by atoms with van der Waals surface area (Å²) in [4.78, 5) is 12.1. The minimum absolute atomic E-state index is 0.194. The number of methoxy groups -OCH3 is 1. The first kappa shape index (κ1) is 17.7. The zero-order valence-electron chi connectivity index (χ0n) is 11.9. The zero-order valence-corrected chi connectivity index (χ0v) is 13.6. The fourth-order valence-electron chi connectivity index (χ4n) is 1.95. The van der Waals surface area contributed by atoms with Crippen molar-refractivity contribution in [2.24, 2.45) is 0 Å². The molecule has 0 fully saturated rings. The summed E-state index contributed by atoms with van der Waals surface area (Å²) in [6.45, 7) is 3.93. The summed E-state index contributed by atoms with van der Waals surface area (Å²) in [6, 6.07) is 8.63. The number of hydrogen-bond acceptors (Lipinski definition) is 3. The summed E-state index contributed by atoms with van der Waals surface area (Å²) < 4.78 is 18.6. The van der Waals surface area contributed by atoms with Crippen LogP contribution in [0.2, 0.25) is 0 Å². The van der Waals surface area contributed by atoms with Crippen LogP contribution in [-0.2, 0) is 20.5 Å². The van der Waals surface area contributed by atoms with Gasteiger partial charge >= 0.3 is 5.97 Å². The molecule has 0 amide bonds. The minimum Gasteiger partial charge on any atom is -0.468 e. The van der Waals surface area contributed by atoms with E-state index in [9.17, 15) is 9.36 Å². The first-order valence-corrected chi connectivity index (χ1v) is 9.02. The molecule has 4 nitrogen and oxygen atoms in total. The second-order valence-corrected chi connectivity index (χ2v) is 7.79. The van der Waals surface area contributed by atoms with Crippen LogP contribution >= 0.6 is 17.9 Å². The Labute approximate surface area is 130 Å². The number of nitrogens with zero attached hydrogens (tertiary/aromatic N) is 1. The fourth-order valence-corrected chi connectivity index (χ4v) is 3.55. The lowest BCUT2D eigenvalue weighted by atomic mass is 10.1. The van der Waals surface area contributed by atoms with E-state index in [2.05, 4.69) is 13.2 Å². The summed E-state index contributed by atoms with van der Waals surface area (Å²) >= 11 is 6.04. The van der Waals surface area contributed by atoms with Crippen molar-refractivity contribution in [2.75, 3.05) is 13.7 Å². The van der Waals surface area contributed by atoms with Gasteiger partial charge in [0.1, 0.15) is 6.04 Å². The molecule has 0 saturated carbocycles. The first-order chi connectivity index (χ1) is 9.96. The molecule has 0 heterocycles. The number of carbonyl (C=O) groups is 1. The SMILES string of the molecule is C=CCN([C@@H](Cc1ccccc1)C(=O)OC)P(=O)(Cl)C=C. The monoisotopic (exact) mass is 327 g/mol. The van der Waals surface area contributed by atoms with Crippen LogP contribution in [0.25, 0.3) is 0 Å². The van der Waals surface area contributed by atoms with Gasteiger partial charge in [0.05, 0.1) is 7.11 Å². The minimum atomic E-state index is -3.36. The van der Waals surface area contributed by atoms with Crippen LogP contribution < -0.4 is 0 Å². The Kier molecular flexibility index (Phi) is 6.90. The zero-order chi connectivity index (χ0) is 15.9. The van der Waals surface area contributed by atoms with Gasteiger partial charge in [-0.2, -0.15) is 0 Å². The van der Waals surface area contributed by atoms with Gasteiger partial charge in [0.25, 0.3) is 6.65 Å². The summed E-state index contributed by atoms with van der Waals surface area (Å²) in [5, 5.41) is 0. The van der Waals surface area contributed by atoms with Gasteiger partial charge in [0.2, 0.25) is 0 Å². The molecule has 0 aliphatic carbocycles. The molecule has 1 rings (SSSR count). The lowest BCUT2D eigenvalue weighted by molar-refractivity contribution is -0.145. The smallest absolute Gasteiger partial charge is 0.323 e. The van der Waals surface area contributed by atoms with Crippen molar-refractivity contribution in [3.05, 3.63) is 60.9 Å². The fraction of sp³-hybridized carbons (Fsp3) is 0.267. The second-order valence-electron chi connectivity index (χ2n) is 4.37. The van der Waals surface area contributed by atoms with Crippen LogP contribution in [0.1, 0.15) is 5.56 Å². The second kappa shape index (κ2) is 8.18. The van der Waals surface area contributed by atoms with E-state index in [0.717, 1.165) is 5.56 Å². The van der Waals surface area contributed by atoms with Crippen molar-refractivity contribution in [2.45, 2.75) is 12.5 Å². The molecule has 2 atom stereocenters. The van der Waals surface area contributed by atoms with Crippen LogP contribution in [0, 0.1) is 0 Å². The number of ether oxygens (including phenoxy) is 1. The molecule has 1 aromatic carbocycles. The highest BCUT2D eigenvalue weighted by atomic mass is 35.7. The molecule has 0 spiro atoms. The molecule has 0 aliphatic rings. The Bertz CT molecular complexity index is 547. The molecule has 114 valence electrons. The lowest BCUT2D eigenvalue weighted by Gasteiger charge is -2.30. The number of halogens is 1. The van der Waals surface area contributed by atoms with E-state index in [0.29, 0.717) is 6.42 Å². The number of esters is 1. The van der Waals surface area contributed by atoms with Gasteiger partial charge in [-0.1, -0.05) is 43.0 Å². The molecule has 0 N–H and O–H groups in total. The Morgan fingerprint density at radius 3 is 2.52 bits per heavy atom. The summed E-state index contributed by atoms with van der Waals surface area (Å²) in [5.41, 5.74) is 0.919. The molecule has 0 aromatic heterocycles. The number of benzene rings is 1. The van der Waals surface area contributed by atoms with E-state index < -0.39 is 18.7 Å². The van der Waals surface area contributed by atoms with Crippen molar-refractivity contribution >= 4 is 23.9 Å². The average molecular weight is 328 g/mol. The maximum Gasteiger partial charge on any atom is 0.323 e. The van der Waals surface area contributed by atoms with Crippen LogP contribution in [0.3, 0.4) is 0 Å². The lowest BCUT2D eigenvalue weighted by Crippen LogP contribution is -2.40. The van der Waals surface area contributed by atoms with E-state index in [1.807, 2.05) is 30.3 Å². The molecule has 0 bridgehead atoms. The molecule has 0 aliphatic heterocycles. The van der Waals surface area contributed by atoms with Crippen LogP contribution in [-0.4, -0.2) is 30.3 Å². The topological polar surface area (TPSA) is 46.6 Å². The molecular formula is C15H19ClNO3P. The standard InChI is InChI=1S/C15H19ClNO3P/c1-4-11-17(21(16,19)5-2)14(15(18)20-3)12-13-9-7-6-8-10-13/h4-10,14H,1-2,11-12H2,3H3/t14-,21?/m0/s1. The van der Waals surface area contributed by atoms with Crippen molar-refractivity contribution in [1.29, 1.82) is 0 Å². The molecule has 21 heavy (non-hydrogen) atoms. The molecule has 6 heteroatoms. The largest absolute Gasteiger partial charge is 0.468 e. The van der Waals surface area contributed by atoms with Gasteiger partial charge in [-0.05, 0) is 29.0 Å². The molecule has 1 aromatic rings. The highest BCUT2D eigenvalue weighted by Gasteiger charge is 2.36. The Hall–Kier alpha value is -1.35. The van der Waals surface area contributed by atoms with E-state index >= 15 is 0 Å². The quantitative estimate of drug-likeness (QED) is 0.413. The van der Waals surface area contributed by atoms with Gasteiger partial charge < -0.3 is 4.74 Å². The van der Waals surface area contributed by atoms with Crippen LogP contribution in [0.15, 0.2) is 55.4 Å². The summed E-state index contributed by atoms with van der Waals surface area (Å²) in [6.07, 6.45) is 1.88. The van der Waals surface area contributed by atoms with E-state index in [1.54, 1.807) is 6.08 Å². The Morgan fingerprint density at radius 1 is 1.43 bits per heavy atom. The van der Waals surface area contributed by atoms with Crippen molar-refractivity contribution < 1.29 is 14.1 Å². The molecule has 0 radical (unpaired) electrons. The highest BCUT2D eigenvalue weighted by Crippen LogP contribution is 2.57. The van der Waals surface area contributed by atoms with Gasteiger partial charge in [-0.3, -0.25) is 9.36 Å². The van der Waals surface area contributed by atoms with E-state index in [-0.39, 0.29) is 6.54 Å².